The van der Waals surface area contributed by atoms with Crippen molar-refractivity contribution >= 4 is 5.82 Å². The molecule has 0 saturated carbocycles. The van der Waals surface area contributed by atoms with E-state index in [1.807, 2.05) is 25.4 Å². The van der Waals surface area contributed by atoms with E-state index in [0.29, 0.717) is 12.4 Å². The van der Waals surface area contributed by atoms with Crippen LogP contribution in [0.3, 0.4) is 0 Å². The number of ether oxygens (including phenoxy) is 1. The molecule has 0 bridgehead atoms. The van der Waals surface area contributed by atoms with Gasteiger partial charge >= 0.3 is 0 Å². The van der Waals surface area contributed by atoms with Crippen LogP contribution in [-0.4, -0.2) is 29.1 Å². The van der Waals surface area contributed by atoms with Crippen molar-refractivity contribution in [1.82, 2.24) is 15.0 Å². The normalized spacial score (nSPS) is 17.3. The summed E-state index contributed by atoms with van der Waals surface area (Å²) in [6.45, 7) is 0.421. The van der Waals surface area contributed by atoms with Crippen LogP contribution in [0.15, 0.2) is 24.4 Å². The van der Waals surface area contributed by atoms with E-state index in [4.69, 9.17) is 4.74 Å². The molecule has 1 N–H and O–H groups in total. The van der Waals surface area contributed by atoms with Gasteiger partial charge in [-0.2, -0.15) is 0 Å². The van der Waals surface area contributed by atoms with Crippen molar-refractivity contribution in [2.45, 2.75) is 31.8 Å². The lowest BCUT2D eigenvalue weighted by Gasteiger charge is -2.24. The minimum atomic E-state index is 0.251. The molecule has 21 heavy (non-hydrogen) atoms. The van der Waals surface area contributed by atoms with Crippen molar-refractivity contribution in [3.05, 3.63) is 47.2 Å². The lowest BCUT2D eigenvalue weighted by Crippen LogP contribution is -2.16. The average Bonchev–Trinajstić information content (AvgIpc) is 2.54. The summed E-state index contributed by atoms with van der Waals surface area (Å²) >= 11 is 0. The zero-order valence-corrected chi connectivity index (χ0v) is 12.5. The molecule has 0 radical (unpaired) electrons. The van der Waals surface area contributed by atoms with Gasteiger partial charge in [0.2, 0.25) is 0 Å². The number of pyridine rings is 1. The van der Waals surface area contributed by atoms with E-state index < -0.39 is 0 Å². The Morgan fingerprint density at radius 2 is 2.29 bits per heavy atom. The Morgan fingerprint density at radius 3 is 3.10 bits per heavy atom. The highest BCUT2D eigenvalue weighted by Crippen LogP contribution is 2.34. The van der Waals surface area contributed by atoms with Gasteiger partial charge in [0, 0.05) is 32.3 Å². The number of methoxy groups -OCH3 is 1. The first-order valence-electron chi connectivity index (χ1n) is 7.30. The molecule has 5 nitrogen and oxygen atoms in total. The third kappa shape index (κ3) is 2.88. The number of anilines is 1. The standard InChI is InChI=1S/C16H20N4O/c1-17-14-9-13(19-15(20-14)10-21-2)12-7-3-5-11-6-4-8-18-16(11)12/h4,6,8-9,12H,3,5,7,10H2,1-2H3,(H,17,19,20). The third-order valence-electron chi connectivity index (χ3n) is 3.87. The number of rotatable bonds is 4. The maximum absolute atomic E-state index is 5.17. The molecule has 2 heterocycles. The zero-order chi connectivity index (χ0) is 14.7. The summed E-state index contributed by atoms with van der Waals surface area (Å²) < 4.78 is 5.17. The van der Waals surface area contributed by atoms with Gasteiger partial charge in [-0.1, -0.05) is 6.07 Å². The molecule has 0 amide bonds. The topological polar surface area (TPSA) is 59.9 Å². The Morgan fingerprint density at radius 1 is 1.38 bits per heavy atom. The molecule has 5 heteroatoms. The van der Waals surface area contributed by atoms with Crippen LogP contribution in [0.1, 0.15) is 41.5 Å². The Labute approximate surface area is 124 Å². The molecule has 0 aromatic carbocycles. The number of aryl methyl sites for hydroxylation is 1. The van der Waals surface area contributed by atoms with Gasteiger partial charge in [0.15, 0.2) is 5.82 Å². The first kappa shape index (κ1) is 13.9. The Hall–Kier alpha value is -2.01. The minimum Gasteiger partial charge on any atom is -0.377 e. The van der Waals surface area contributed by atoms with Crippen molar-refractivity contribution in [2.24, 2.45) is 0 Å². The van der Waals surface area contributed by atoms with Crippen LogP contribution in [0.4, 0.5) is 5.82 Å². The van der Waals surface area contributed by atoms with Crippen molar-refractivity contribution in [2.75, 3.05) is 19.5 Å². The van der Waals surface area contributed by atoms with Crippen LogP contribution in [0.25, 0.3) is 0 Å². The molecule has 2 aromatic heterocycles. The van der Waals surface area contributed by atoms with Crippen LogP contribution >= 0.6 is 0 Å². The van der Waals surface area contributed by atoms with Crippen LogP contribution in [-0.2, 0) is 17.8 Å². The summed E-state index contributed by atoms with van der Waals surface area (Å²) in [5, 5.41) is 3.10. The van der Waals surface area contributed by atoms with Crippen LogP contribution in [0.2, 0.25) is 0 Å². The number of hydrogen-bond acceptors (Lipinski definition) is 5. The van der Waals surface area contributed by atoms with Crippen LogP contribution < -0.4 is 5.32 Å². The maximum Gasteiger partial charge on any atom is 0.156 e. The highest BCUT2D eigenvalue weighted by molar-refractivity contribution is 5.40. The average molecular weight is 284 g/mol. The molecule has 1 aliphatic carbocycles. The molecule has 110 valence electrons. The van der Waals surface area contributed by atoms with Crippen LogP contribution in [0.5, 0.6) is 0 Å². The fourth-order valence-electron chi connectivity index (χ4n) is 2.92. The largest absolute Gasteiger partial charge is 0.377 e. The fraction of sp³-hybridized carbons (Fsp3) is 0.438. The lowest BCUT2D eigenvalue weighted by atomic mass is 9.84. The summed E-state index contributed by atoms with van der Waals surface area (Å²) in [5.41, 5.74) is 3.53. The Bertz CT molecular complexity index is 629. The second kappa shape index (κ2) is 6.18. The van der Waals surface area contributed by atoms with Crippen molar-refractivity contribution in [3.63, 3.8) is 0 Å². The zero-order valence-electron chi connectivity index (χ0n) is 12.5. The first-order valence-corrected chi connectivity index (χ1v) is 7.30. The van der Waals surface area contributed by atoms with Gasteiger partial charge < -0.3 is 10.1 Å². The van der Waals surface area contributed by atoms with Gasteiger partial charge in [-0.05, 0) is 30.9 Å². The molecule has 0 fully saturated rings. The molecule has 0 spiro atoms. The number of fused-ring (bicyclic) bond motifs is 1. The SMILES string of the molecule is CNc1cc(C2CCCc3cccnc32)nc(COC)n1. The molecule has 1 unspecified atom stereocenters. The van der Waals surface area contributed by atoms with Crippen molar-refractivity contribution in [1.29, 1.82) is 0 Å². The highest BCUT2D eigenvalue weighted by atomic mass is 16.5. The number of aromatic nitrogens is 3. The van der Waals surface area contributed by atoms with Crippen molar-refractivity contribution < 1.29 is 4.74 Å². The summed E-state index contributed by atoms with van der Waals surface area (Å²) in [4.78, 5) is 13.7. The second-order valence-electron chi connectivity index (χ2n) is 5.27. The van der Waals surface area contributed by atoms with E-state index in [-0.39, 0.29) is 5.92 Å². The quantitative estimate of drug-likeness (QED) is 0.935. The van der Waals surface area contributed by atoms with Gasteiger partial charge in [-0.15, -0.1) is 0 Å². The third-order valence-corrected chi connectivity index (χ3v) is 3.87. The predicted molar refractivity (Wildman–Crippen MR) is 81.3 cm³/mol. The molecular weight excluding hydrogens is 264 g/mol. The second-order valence-corrected chi connectivity index (χ2v) is 5.27. The molecule has 0 aliphatic heterocycles. The number of nitrogens with zero attached hydrogens (tertiary/aromatic N) is 3. The Balaban J connectivity index is 2.02. The predicted octanol–water partition coefficient (Wildman–Crippen LogP) is 2.53. The summed E-state index contributed by atoms with van der Waals surface area (Å²) in [6.07, 6.45) is 5.22. The van der Waals surface area contributed by atoms with Gasteiger partial charge in [-0.3, -0.25) is 4.98 Å². The molecule has 1 atom stereocenters. The minimum absolute atomic E-state index is 0.251. The highest BCUT2D eigenvalue weighted by Gasteiger charge is 2.25. The molecular formula is C16H20N4O. The van der Waals surface area contributed by atoms with E-state index in [1.54, 1.807) is 7.11 Å². The molecule has 0 saturated heterocycles. The molecule has 3 rings (SSSR count). The molecule has 2 aromatic rings. The van der Waals surface area contributed by atoms with E-state index in [0.717, 1.165) is 30.0 Å². The first-order chi connectivity index (χ1) is 10.3. The van der Waals surface area contributed by atoms with Crippen molar-refractivity contribution in [3.8, 4) is 0 Å². The summed E-state index contributed by atoms with van der Waals surface area (Å²) in [5.74, 6) is 1.79. The summed E-state index contributed by atoms with van der Waals surface area (Å²) in [7, 11) is 3.53. The maximum atomic E-state index is 5.17. The number of nitrogens with one attached hydrogen (secondary N) is 1. The molecule has 1 aliphatic rings. The van der Waals surface area contributed by atoms with Crippen LogP contribution in [0, 0.1) is 0 Å². The van der Waals surface area contributed by atoms with E-state index in [2.05, 4.69) is 26.3 Å². The van der Waals surface area contributed by atoms with E-state index >= 15 is 0 Å². The fourth-order valence-corrected chi connectivity index (χ4v) is 2.92. The van der Waals surface area contributed by atoms with E-state index in [9.17, 15) is 0 Å². The lowest BCUT2D eigenvalue weighted by molar-refractivity contribution is 0.177. The van der Waals surface area contributed by atoms with E-state index in [1.165, 1.54) is 12.0 Å². The smallest absolute Gasteiger partial charge is 0.156 e. The van der Waals surface area contributed by atoms with Gasteiger partial charge in [0.05, 0.1) is 11.4 Å². The van der Waals surface area contributed by atoms with Gasteiger partial charge in [0.1, 0.15) is 12.4 Å². The van der Waals surface area contributed by atoms with Gasteiger partial charge in [0.25, 0.3) is 0 Å². The summed E-state index contributed by atoms with van der Waals surface area (Å²) in [6, 6.07) is 6.20. The van der Waals surface area contributed by atoms with Gasteiger partial charge in [-0.25, -0.2) is 9.97 Å². The monoisotopic (exact) mass is 284 g/mol. The number of hydrogen-bond donors (Lipinski definition) is 1. The Kier molecular flexibility index (Phi) is 4.10.